The predicted octanol–water partition coefficient (Wildman–Crippen LogP) is 2.92. The van der Waals surface area contributed by atoms with E-state index in [0.29, 0.717) is 10.2 Å². The number of nitrogens with one attached hydrogen (secondary N) is 1. The van der Waals surface area contributed by atoms with Crippen molar-refractivity contribution in [3.63, 3.8) is 0 Å². The van der Waals surface area contributed by atoms with E-state index >= 15 is 0 Å². The number of carbonyl (C=O) groups is 1. The van der Waals surface area contributed by atoms with Crippen LogP contribution in [0, 0.1) is 0 Å². The van der Waals surface area contributed by atoms with Gasteiger partial charge in [-0.05, 0) is 34.7 Å². The fourth-order valence-corrected chi connectivity index (χ4v) is 3.21. The van der Waals surface area contributed by atoms with E-state index in [-0.39, 0.29) is 28.0 Å². The number of halogens is 2. The molecular weight excluding hydrogens is 411 g/mol. The molecule has 1 amide bonds. The van der Waals surface area contributed by atoms with Crippen LogP contribution in [0.25, 0.3) is 5.69 Å². The summed E-state index contributed by atoms with van der Waals surface area (Å²) in [5, 5.41) is 26.0. The molecule has 0 spiro atoms. The van der Waals surface area contributed by atoms with Gasteiger partial charge in [0.25, 0.3) is 5.91 Å². The standard InChI is InChI=1S/C16H12Cl2N6O2S/c17-11-6-10(15(26)13(18)7-11)8-19-20-14(25)9-27-16-21-22-23-24(16)12-4-2-1-3-5-12/h1-8,26H,9H2,(H,20,25)/b19-8+. The Hall–Kier alpha value is -2.62. The number of para-hydroxylation sites is 1. The Morgan fingerprint density at radius 2 is 2.07 bits per heavy atom. The summed E-state index contributed by atoms with van der Waals surface area (Å²) in [4.78, 5) is 12.0. The molecule has 0 saturated heterocycles. The number of phenols is 1. The van der Waals surface area contributed by atoms with Crippen LogP contribution < -0.4 is 5.43 Å². The summed E-state index contributed by atoms with van der Waals surface area (Å²) in [6.45, 7) is 0. The number of amides is 1. The first-order valence-electron chi connectivity index (χ1n) is 7.51. The summed E-state index contributed by atoms with van der Waals surface area (Å²) >= 11 is 12.9. The zero-order chi connectivity index (χ0) is 19.2. The van der Waals surface area contributed by atoms with Crippen molar-refractivity contribution in [2.45, 2.75) is 5.16 Å². The summed E-state index contributed by atoms with van der Waals surface area (Å²) in [6.07, 6.45) is 1.25. The van der Waals surface area contributed by atoms with E-state index in [9.17, 15) is 9.90 Å². The van der Waals surface area contributed by atoms with Gasteiger partial charge in [0.05, 0.1) is 22.7 Å². The number of hydrogen-bond acceptors (Lipinski definition) is 7. The molecular formula is C16H12Cl2N6O2S. The van der Waals surface area contributed by atoms with Gasteiger partial charge in [0, 0.05) is 10.6 Å². The molecule has 1 heterocycles. The van der Waals surface area contributed by atoms with Crippen molar-refractivity contribution in [2.24, 2.45) is 5.10 Å². The minimum Gasteiger partial charge on any atom is -0.506 e. The molecule has 0 radical (unpaired) electrons. The maximum Gasteiger partial charge on any atom is 0.250 e. The Balaban J connectivity index is 1.58. The van der Waals surface area contributed by atoms with Crippen molar-refractivity contribution in [2.75, 3.05) is 5.75 Å². The minimum absolute atomic E-state index is 0.0484. The number of nitrogens with zero attached hydrogens (tertiary/aromatic N) is 5. The van der Waals surface area contributed by atoms with Crippen LogP contribution in [0.5, 0.6) is 5.75 Å². The van der Waals surface area contributed by atoms with Gasteiger partial charge in [-0.15, -0.1) is 5.10 Å². The van der Waals surface area contributed by atoms with Gasteiger partial charge in [0.1, 0.15) is 5.75 Å². The molecule has 0 saturated carbocycles. The van der Waals surface area contributed by atoms with Crippen LogP contribution in [0.3, 0.4) is 0 Å². The zero-order valence-electron chi connectivity index (χ0n) is 13.6. The quantitative estimate of drug-likeness (QED) is 0.359. The first-order valence-corrected chi connectivity index (χ1v) is 9.25. The molecule has 138 valence electrons. The molecule has 2 aromatic carbocycles. The van der Waals surface area contributed by atoms with Crippen LogP contribution in [0.1, 0.15) is 5.56 Å². The Labute approximate surface area is 168 Å². The van der Waals surface area contributed by atoms with Crippen molar-refractivity contribution < 1.29 is 9.90 Å². The summed E-state index contributed by atoms with van der Waals surface area (Å²) in [6, 6.07) is 12.2. The van der Waals surface area contributed by atoms with Crippen molar-refractivity contribution in [1.82, 2.24) is 25.6 Å². The lowest BCUT2D eigenvalue weighted by atomic mass is 10.2. The van der Waals surface area contributed by atoms with E-state index < -0.39 is 0 Å². The maximum absolute atomic E-state index is 12.0. The van der Waals surface area contributed by atoms with Gasteiger partial charge in [-0.25, -0.2) is 5.43 Å². The second-order valence-electron chi connectivity index (χ2n) is 5.12. The second kappa shape index (κ2) is 8.85. The number of aromatic nitrogens is 4. The smallest absolute Gasteiger partial charge is 0.250 e. The molecule has 0 unspecified atom stereocenters. The van der Waals surface area contributed by atoms with E-state index in [1.165, 1.54) is 23.0 Å². The number of hydrazone groups is 1. The third-order valence-corrected chi connectivity index (χ3v) is 4.65. The van der Waals surface area contributed by atoms with Crippen LogP contribution in [0.2, 0.25) is 10.0 Å². The van der Waals surface area contributed by atoms with Gasteiger partial charge in [0.15, 0.2) is 0 Å². The highest BCUT2D eigenvalue weighted by molar-refractivity contribution is 7.99. The average molecular weight is 423 g/mol. The van der Waals surface area contributed by atoms with Crippen LogP contribution >= 0.6 is 35.0 Å². The number of thioether (sulfide) groups is 1. The lowest BCUT2D eigenvalue weighted by Gasteiger charge is -2.04. The molecule has 11 heteroatoms. The van der Waals surface area contributed by atoms with Crippen LogP contribution in [0.4, 0.5) is 0 Å². The van der Waals surface area contributed by atoms with Crippen LogP contribution in [-0.4, -0.2) is 43.2 Å². The lowest BCUT2D eigenvalue weighted by molar-refractivity contribution is -0.118. The number of hydrogen-bond donors (Lipinski definition) is 2. The van der Waals surface area contributed by atoms with Crippen molar-refractivity contribution in [3.8, 4) is 11.4 Å². The Bertz CT molecular complexity index is 980. The largest absolute Gasteiger partial charge is 0.506 e. The number of phenolic OH excluding ortho intramolecular Hbond substituents is 1. The SMILES string of the molecule is O=C(CSc1nnnn1-c1ccccc1)N/N=C/c1cc(Cl)cc(Cl)c1O. The highest BCUT2D eigenvalue weighted by Gasteiger charge is 2.11. The Morgan fingerprint density at radius 1 is 1.30 bits per heavy atom. The van der Waals surface area contributed by atoms with E-state index in [4.69, 9.17) is 23.2 Å². The number of benzene rings is 2. The van der Waals surface area contributed by atoms with Crippen LogP contribution in [-0.2, 0) is 4.79 Å². The van der Waals surface area contributed by atoms with Gasteiger partial charge >= 0.3 is 0 Å². The van der Waals surface area contributed by atoms with Crippen molar-refractivity contribution >= 4 is 47.1 Å². The third-order valence-electron chi connectivity index (χ3n) is 3.22. The number of rotatable bonds is 6. The Morgan fingerprint density at radius 3 is 2.85 bits per heavy atom. The molecule has 27 heavy (non-hydrogen) atoms. The fraction of sp³-hybridized carbons (Fsp3) is 0.0625. The molecule has 0 atom stereocenters. The second-order valence-corrected chi connectivity index (χ2v) is 6.90. The van der Waals surface area contributed by atoms with Crippen molar-refractivity contribution in [3.05, 3.63) is 58.1 Å². The minimum atomic E-state index is -0.369. The van der Waals surface area contributed by atoms with E-state index in [1.54, 1.807) is 0 Å². The molecule has 0 aliphatic rings. The Kier molecular flexibility index (Phi) is 6.28. The molecule has 8 nitrogen and oxygen atoms in total. The van der Waals surface area contributed by atoms with Gasteiger partial charge in [-0.3, -0.25) is 4.79 Å². The molecule has 2 N–H and O–H groups in total. The normalized spacial score (nSPS) is 11.0. The topological polar surface area (TPSA) is 105 Å². The average Bonchev–Trinajstić information content (AvgIpc) is 3.13. The first kappa shape index (κ1) is 19.2. The number of aromatic hydroxyl groups is 1. The maximum atomic E-state index is 12.0. The first-order chi connectivity index (χ1) is 13.0. The highest BCUT2D eigenvalue weighted by Crippen LogP contribution is 2.29. The predicted molar refractivity (Wildman–Crippen MR) is 104 cm³/mol. The molecule has 3 rings (SSSR count). The number of carbonyl (C=O) groups excluding carboxylic acids is 1. The molecule has 1 aromatic heterocycles. The van der Waals surface area contributed by atoms with Crippen molar-refractivity contribution in [1.29, 1.82) is 0 Å². The van der Waals surface area contributed by atoms with Gasteiger partial charge in [-0.1, -0.05) is 53.2 Å². The summed E-state index contributed by atoms with van der Waals surface area (Å²) in [5.41, 5.74) is 3.43. The van der Waals surface area contributed by atoms with Gasteiger partial charge in [-0.2, -0.15) is 9.78 Å². The highest BCUT2D eigenvalue weighted by atomic mass is 35.5. The third kappa shape index (κ3) is 4.97. The summed E-state index contributed by atoms with van der Waals surface area (Å²) in [7, 11) is 0. The molecule has 3 aromatic rings. The van der Waals surface area contributed by atoms with Gasteiger partial charge in [0.2, 0.25) is 5.16 Å². The van der Waals surface area contributed by atoms with E-state index in [2.05, 4.69) is 26.1 Å². The molecule has 0 bridgehead atoms. The molecule has 0 fully saturated rings. The zero-order valence-corrected chi connectivity index (χ0v) is 15.9. The lowest BCUT2D eigenvalue weighted by Crippen LogP contribution is -2.20. The summed E-state index contributed by atoms with van der Waals surface area (Å²) < 4.78 is 1.53. The fourth-order valence-electron chi connectivity index (χ4n) is 2.02. The van der Waals surface area contributed by atoms with E-state index in [1.807, 2.05) is 30.3 Å². The van der Waals surface area contributed by atoms with Gasteiger partial charge < -0.3 is 5.11 Å². The van der Waals surface area contributed by atoms with Crippen LogP contribution in [0.15, 0.2) is 52.7 Å². The van der Waals surface area contributed by atoms with E-state index in [0.717, 1.165) is 17.4 Å². The molecule has 0 aliphatic carbocycles. The summed E-state index contributed by atoms with van der Waals surface area (Å²) in [5.74, 6) is -0.491. The number of tetrazole rings is 1. The monoisotopic (exact) mass is 422 g/mol. The molecule has 0 aliphatic heterocycles.